The zero-order valence-electron chi connectivity index (χ0n) is 33.3. The molecule has 1 heteroatoms. The van der Waals surface area contributed by atoms with Crippen LogP contribution in [0.1, 0.15) is 109 Å². The van der Waals surface area contributed by atoms with Crippen molar-refractivity contribution in [3.05, 3.63) is 197 Å². The maximum atomic E-state index is 2.55. The second kappa shape index (κ2) is 13.6. The Kier molecular flexibility index (Phi) is 8.00. The molecular weight excluding hydrogens is 699 g/mol. The average Bonchev–Trinajstić information content (AvgIpc) is 3.75. The van der Waals surface area contributed by atoms with Gasteiger partial charge in [0, 0.05) is 17.1 Å². The molecule has 1 spiro atoms. The van der Waals surface area contributed by atoms with E-state index in [4.69, 9.17) is 0 Å². The van der Waals surface area contributed by atoms with Gasteiger partial charge in [-0.05, 0) is 175 Å². The lowest BCUT2D eigenvalue weighted by Crippen LogP contribution is -2.25. The fraction of sp³-hybridized carbons (Fsp3) is 0.228. The quantitative estimate of drug-likeness (QED) is 0.169. The fourth-order valence-corrected chi connectivity index (χ4v) is 11.8. The molecule has 0 bridgehead atoms. The Bertz CT molecular complexity index is 2740. The van der Waals surface area contributed by atoms with E-state index in [1.54, 1.807) is 0 Å². The molecule has 0 heterocycles. The SMILES string of the molecule is c1ccc2c(c1)-c1ccccc1C21c2cc3ccccc3cc2-c2cc3ccc(N(c4ccc(C5CCCCC5)cc4)c4ccc(C5CCCCC5)cc4)cc3cc21. The third kappa shape index (κ3) is 5.22. The van der Waals surface area contributed by atoms with Gasteiger partial charge >= 0.3 is 0 Å². The van der Waals surface area contributed by atoms with Crippen LogP contribution in [-0.4, -0.2) is 0 Å². The van der Waals surface area contributed by atoms with Crippen LogP contribution in [-0.2, 0) is 5.41 Å². The van der Waals surface area contributed by atoms with Gasteiger partial charge in [0.2, 0.25) is 0 Å². The Morgan fingerprint density at radius 3 is 1.29 bits per heavy atom. The van der Waals surface area contributed by atoms with E-state index >= 15 is 0 Å². The summed E-state index contributed by atoms with van der Waals surface area (Å²) in [6, 6.07) is 63.6. The molecule has 58 heavy (non-hydrogen) atoms. The minimum absolute atomic E-state index is 0.393. The van der Waals surface area contributed by atoms with Crippen molar-refractivity contribution >= 4 is 38.6 Å². The van der Waals surface area contributed by atoms with E-state index in [9.17, 15) is 0 Å². The lowest BCUT2D eigenvalue weighted by molar-refractivity contribution is 0.443. The van der Waals surface area contributed by atoms with Crippen molar-refractivity contribution in [3.8, 4) is 22.3 Å². The van der Waals surface area contributed by atoms with Gasteiger partial charge in [-0.3, -0.25) is 0 Å². The number of hydrogen-bond acceptors (Lipinski definition) is 1. The van der Waals surface area contributed by atoms with Crippen molar-refractivity contribution < 1.29 is 0 Å². The van der Waals surface area contributed by atoms with Crippen LogP contribution in [0.15, 0.2) is 164 Å². The normalized spacial score (nSPS) is 17.0. The van der Waals surface area contributed by atoms with E-state index in [2.05, 4.69) is 169 Å². The van der Waals surface area contributed by atoms with Gasteiger partial charge in [-0.1, -0.05) is 142 Å². The molecule has 4 aliphatic rings. The Labute approximate surface area is 343 Å². The van der Waals surface area contributed by atoms with Crippen molar-refractivity contribution in [1.29, 1.82) is 0 Å². The fourth-order valence-electron chi connectivity index (χ4n) is 11.8. The highest BCUT2D eigenvalue weighted by atomic mass is 15.1. The molecule has 8 aromatic carbocycles. The van der Waals surface area contributed by atoms with E-state index < -0.39 is 5.41 Å². The highest BCUT2D eigenvalue weighted by molar-refractivity contribution is 6.04. The molecule has 282 valence electrons. The lowest BCUT2D eigenvalue weighted by Gasteiger charge is -2.31. The molecule has 8 aromatic rings. The molecule has 0 radical (unpaired) electrons. The minimum atomic E-state index is -0.393. The number of anilines is 3. The molecule has 12 rings (SSSR count). The zero-order chi connectivity index (χ0) is 38.2. The van der Waals surface area contributed by atoms with Gasteiger partial charge in [0.05, 0.1) is 5.41 Å². The summed E-state index contributed by atoms with van der Waals surface area (Å²) in [6.07, 6.45) is 13.4. The van der Waals surface area contributed by atoms with Gasteiger partial charge in [-0.2, -0.15) is 0 Å². The van der Waals surface area contributed by atoms with Crippen LogP contribution >= 0.6 is 0 Å². The molecule has 4 aliphatic carbocycles. The summed E-state index contributed by atoms with van der Waals surface area (Å²) >= 11 is 0. The molecule has 1 nitrogen and oxygen atoms in total. The third-order valence-electron chi connectivity index (χ3n) is 14.6. The highest BCUT2D eigenvalue weighted by Gasteiger charge is 2.51. The molecule has 0 atom stereocenters. The lowest BCUT2D eigenvalue weighted by atomic mass is 9.70. The monoisotopic (exact) mass is 747 g/mol. The van der Waals surface area contributed by atoms with Crippen LogP contribution in [0.25, 0.3) is 43.8 Å². The molecule has 0 N–H and O–H groups in total. The van der Waals surface area contributed by atoms with Gasteiger partial charge < -0.3 is 4.90 Å². The Balaban J connectivity index is 1.04. The summed E-state index contributed by atoms with van der Waals surface area (Å²) in [5.74, 6) is 1.38. The maximum Gasteiger partial charge on any atom is 0.0725 e. The highest BCUT2D eigenvalue weighted by Crippen LogP contribution is 2.63. The first kappa shape index (κ1) is 34.1. The number of hydrogen-bond donors (Lipinski definition) is 0. The van der Waals surface area contributed by atoms with E-state index in [1.165, 1.54) is 158 Å². The second-order valence-corrected chi connectivity index (χ2v) is 17.7. The molecule has 0 unspecified atom stereocenters. The van der Waals surface area contributed by atoms with Crippen LogP contribution in [0.5, 0.6) is 0 Å². The Morgan fingerprint density at radius 1 is 0.328 bits per heavy atom. The predicted molar refractivity (Wildman–Crippen MR) is 244 cm³/mol. The van der Waals surface area contributed by atoms with E-state index in [-0.39, 0.29) is 0 Å². The Morgan fingerprint density at radius 2 is 0.759 bits per heavy atom. The van der Waals surface area contributed by atoms with Crippen LogP contribution < -0.4 is 4.90 Å². The maximum absolute atomic E-state index is 2.55. The molecule has 0 aliphatic heterocycles. The summed E-state index contributed by atoms with van der Waals surface area (Å²) in [5.41, 5.74) is 17.2. The topological polar surface area (TPSA) is 3.24 Å². The third-order valence-corrected chi connectivity index (χ3v) is 14.6. The minimum Gasteiger partial charge on any atom is -0.310 e. The van der Waals surface area contributed by atoms with Gasteiger partial charge in [0.25, 0.3) is 0 Å². The summed E-state index contributed by atoms with van der Waals surface area (Å²) in [7, 11) is 0. The molecule has 0 aromatic heterocycles. The summed E-state index contributed by atoms with van der Waals surface area (Å²) in [6.45, 7) is 0. The van der Waals surface area contributed by atoms with Crippen LogP contribution in [0.4, 0.5) is 17.1 Å². The van der Waals surface area contributed by atoms with Gasteiger partial charge in [-0.15, -0.1) is 0 Å². The first-order chi connectivity index (χ1) is 28.7. The van der Waals surface area contributed by atoms with Crippen LogP contribution in [0, 0.1) is 0 Å². The van der Waals surface area contributed by atoms with Gasteiger partial charge in [0.15, 0.2) is 0 Å². The van der Waals surface area contributed by atoms with Crippen molar-refractivity contribution in [2.75, 3.05) is 4.90 Å². The van der Waals surface area contributed by atoms with E-state index in [1.807, 2.05) is 0 Å². The summed E-state index contributed by atoms with van der Waals surface area (Å²) < 4.78 is 0. The largest absolute Gasteiger partial charge is 0.310 e. The summed E-state index contributed by atoms with van der Waals surface area (Å²) in [5, 5.41) is 5.14. The second-order valence-electron chi connectivity index (χ2n) is 17.7. The molecule has 0 amide bonds. The number of nitrogens with zero attached hydrogens (tertiary/aromatic N) is 1. The number of benzene rings is 8. The molecule has 0 saturated heterocycles. The van der Waals surface area contributed by atoms with Crippen molar-refractivity contribution in [1.82, 2.24) is 0 Å². The van der Waals surface area contributed by atoms with Crippen molar-refractivity contribution in [3.63, 3.8) is 0 Å². The van der Waals surface area contributed by atoms with Crippen molar-refractivity contribution in [2.24, 2.45) is 0 Å². The zero-order valence-corrected chi connectivity index (χ0v) is 33.3. The number of rotatable bonds is 5. The van der Waals surface area contributed by atoms with Gasteiger partial charge in [-0.25, -0.2) is 0 Å². The standard InChI is InChI=1S/C57H49N/c1-3-13-38(14-4-1)40-23-28-46(29-24-40)58(47-30-25-41(26-31-47)39-15-5-2-6-16-39)48-32-27-44-35-52-51-34-42-17-7-8-18-43(42)36-55(51)57(56(52)37-45(44)33-48)53-21-11-9-19-49(53)50-20-10-12-22-54(50)57/h7-12,17-39H,1-6,13-16H2. The van der Waals surface area contributed by atoms with Gasteiger partial charge in [0.1, 0.15) is 0 Å². The molecule has 2 fully saturated rings. The number of fused-ring (bicyclic) bond motifs is 12. The van der Waals surface area contributed by atoms with Crippen molar-refractivity contribution in [2.45, 2.75) is 81.5 Å². The summed E-state index contributed by atoms with van der Waals surface area (Å²) in [4.78, 5) is 2.50. The van der Waals surface area contributed by atoms with Crippen LogP contribution in [0.3, 0.4) is 0 Å². The smallest absolute Gasteiger partial charge is 0.0725 e. The average molecular weight is 748 g/mol. The van der Waals surface area contributed by atoms with E-state index in [0.29, 0.717) is 11.8 Å². The van der Waals surface area contributed by atoms with Crippen LogP contribution in [0.2, 0.25) is 0 Å². The molecular formula is C57H49N. The Hall–Kier alpha value is -5.92. The predicted octanol–water partition coefficient (Wildman–Crippen LogP) is 15.9. The first-order valence-corrected chi connectivity index (χ1v) is 22.1. The first-order valence-electron chi connectivity index (χ1n) is 22.1. The molecule has 2 saturated carbocycles. The van der Waals surface area contributed by atoms with E-state index in [0.717, 1.165) is 0 Å².